The van der Waals surface area contributed by atoms with Crippen LogP contribution in [0.4, 0.5) is 0 Å². The van der Waals surface area contributed by atoms with Crippen molar-refractivity contribution in [3.05, 3.63) is 166 Å². The maximum absolute atomic E-state index is 11.3. The lowest BCUT2D eigenvalue weighted by Gasteiger charge is -2.56. The van der Waals surface area contributed by atoms with Crippen molar-refractivity contribution in [1.82, 2.24) is 0 Å². The minimum absolute atomic E-state index is 0.274. The van der Waals surface area contributed by atoms with Crippen LogP contribution in [0.25, 0.3) is 0 Å². The predicted octanol–water partition coefficient (Wildman–Crippen LogP) is 8.26. The van der Waals surface area contributed by atoms with Crippen molar-refractivity contribution in [3.8, 4) is 11.5 Å². The van der Waals surface area contributed by atoms with Gasteiger partial charge in [0.25, 0.3) is 0 Å². The molecule has 2 aliphatic heterocycles. The summed E-state index contributed by atoms with van der Waals surface area (Å²) in [4.78, 5) is 0. The summed E-state index contributed by atoms with van der Waals surface area (Å²) in [7, 11) is 1.64. The number of fused-ring (bicyclic) bond motifs is 1. The molecule has 5 aromatic rings. The summed E-state index contributed by atoms with van der Waals surface area (Å²) in [6.45, 7) is 3.46. The maximum Gasteiger partial charge on any atom is 0.225 e. The molecule has 8 rings (SSSR count). The first-order valence-corrected chi connectivity index (χ1v) is 19.3. The Kier molecular flexibility index (Phi) is 11.3. The van der Waals surface area contributed by atoms with Gasteiger partial charge in [0.1, 0.15) is 37.1 Å². The van der Waals surface area contributed by atoms with Gasteiger partial charge in [-0.05, 0) is 83.7 Å². The third-order valence-corrected chi connectivity index (χ3v) is 11.0. The van der Waals surface area contributed by atoms with Crippen molar-refractivity contribution in [2.24, 2.45) is 0 Å². The van der Waals surface area contributed by atoms with Gasteiger partial charge in [0.2, 0.25) is 5.79 Å². The number of methoxy groups -OCH3 is 1. The predicted molar refractivity (Wildman–Crippen MR) is 209 cm³/mol. The summed E-state index contributed by atoms with van der Waals surface area (Å²) in [5, 5.41) is 11.3. The lowest BCUT2D eigenvalue weighted by atomic mass is 9.80. The number of aliphatic hydroxyl groups excluding tert-OH is 1. The summed E-state index contributed by atoms with van der Waals surface area (Å²) in [6, 6.07) is 42.8. The molecule has 8 nitrogen and oxygen atoms in total. The summed E-state index contributed by atoms with van der Waals surface area (Å²) < 4.78 is 46.3. The maximum atomic E-state index is 11.3. The van der Waals surface area contributed by atoms with Crippen LogP contribution in [0, 0.1) is 0 Å². The van der Waals surface area contributed by atoms with Crippen LogP contribution in [0.15, 0.2) is 127 Å². The molecule has 0 bridgehead atoms. The van der Waals surface area contributed by atoms with Gasteiger partial charge in [-0.15, -0.1) is 0 Å². The smallest absolute Gasteiger partial charge is 0.225 e. The van der Waals surface area contributed by atoms with Crippen molar-refractivity contribution >= 4 is 0 Å². The van der Waals surface area contributed by atoms with E-state index in [1.165, 1.54) is 11.1 Å². The lowest BCUT2D eigenvalue weighted by molar-refractivity contribution is -0.410. The highest BCUT2D eigenvalue weighted by Crippen LogP contribution is 2.49. The molecule has 0 spiro atoms. The van der Waals surface area contributed by atoms with Crippen LogP contribution >= 0.6 is 0 Å². The molecule has 2 heterocycles. The highest BCUT2D eigenvalue weighted by atomic mass is 16.7. The summed E-state index contributed by atoms with van der Waals surface area (Å²) in [5.41, 5.74) is 6.12. The normalized spacial score (nSPS) is 24.7. The van der Waals surface area contributed by atoms with Crippen molar-refractivity contribution in [2.45, 2.75) is 81.6 Å². The van der Waals surface area contributed by atoms with E-state index in [1.54, 1.807) is 7.11 Å². The number of benzene rings is 5. The van der Waals surface area contributed by atoms with Gasteiger partial charge in [-0.3, -0.25) is 0 Å². The first-order valence-electron chi connectivity index (χ1n) is 19.3. The van der Waals surface area contributed by atoms with E-state index < -0.39 is 29.7 Å². The van der Waals surface area contributed by atoms with E-state index in [4.69, 9.17) is 33.2 Å². The Bertz CT molecular complexity index is 2000. The zero-order chi connectivity index (χ0) is 37.7. The third-order valence-electron chi connectivity index (χ3n) is 11.0. The second-order valence-electron chi connectivity index (χ2n) is 15.0. The fourth-order valence-electron chi connectivity index (χ4n) is 7.93. The highest BCUT2D eigenvalue weighted by Gasteiger charge is 2.63. The van der Waals surface area contributed by atoms with Gasteiger partial charge in [-0.1, -0.05) is 109 Å². The molecule has 5 aromatic carbocycles. The molecule has 286 valence electrons. The number of hydrogen-bond donors (Lipinski definition) is 1. The first kappa shape index (κ1) is 37.4. The van der Waals surface area contributed by atoms with E-state index in [1.807, 2.05) is 104 Å². The molecule has 1 saturated heterocycles. The topological polar surface area (TPSA) is 84.8 Å². The zero-order valence-corrected chi connectivity index (χ0v) is 31.6. The van der Waals surface area contributed by atoms with E-state index in [0.29, 0.717) is 32.2 Å². The van der Waals surface area contributed by atoms with Crippen LogP contribution < -0.4 is 9.47 Å². The van der Waals surface area contributed by atoms with E-state index in [-0.39, 0.29) is 19.8 Å². The number of rotatable bonds is 15. The van der Waals surface area contributed by atoms with Gasteiger partial charge in [0.05, 0.1) is 26.4 Å². The fraction of sp³-hybridized carbons (Fsp3) is 0.362. The molecule has 0 aromatic heterocycles. The Morgan fingerprint density at radius 3 is 1.80 bits per heavy atom. The van der Waals surface area contributed by atoms with Crippen molar-refractivity contribution in [2.75, 3.05) is 26.9 Å². The first-order chi connectivity index (χ1) is 27.0. The molecular weight excluding hydrogens is 693 g/mol. The van der Waals surface area contributed by atoms with Crippen molar-refractivity contribution in [3.63, 3.8) is 0 Å². The minimum Gasteiger partial charge on any atom is -0.486 e. The largest absolute Gasteiger partial charge is 0.486 e. The zero-order valence-electron chi connectivity index (χ0n) is 31.6. The number of aliphatic hydroxyl groups is 1. The fourth-order valence-corrected chi connectivity index (χ4v) is 7.93. The molecule has 0 unspecified atom stereocenters. The summed E-state index contributed by atoms with van der Waals surface area (Å²) >= 11 is 0. The number of hydrogen-bond acceptors (Lipinski definition) is 8. The third kappa shape index (κ3) is 8.21. The van der Waals surface area contributed by atoms with Gasteiger partial charge in [-0.25, -0.2) is 0 Å². The Morgan fingerprint density at radius 1 is 0.636 bits per heavy atom. The SMILES string of the molecule is CO[C@@]1(c2ccc(C3CC3)c(Cc3ccc4c(c3)OCCO4)c2)O[C@](C)(CO)[C@@H](OCc2ccccc2)[C@H](OCc2ccccc2)[C@H]1OCc1ccccc1. The average molecular weight is 743 g/mol. The molecular formula is C47H50O8. The Morgan fingerprint density at radius 2 is 1.22 bits per heavy atom. The molecule has 8 heteroatoms. The number of ether oxygens (including phenoxy) is 7. The van der Waals surface area contributed by atoms with Crippen LogP contribution in [0.5, 0.6) is 11.5 Å². The molecule has 2 fully saturated rings. The van der Waals surface area contributed by atoms with Gasteiger partial charge < -0.3 is 38.3 Å². The van der Waals surface area contributed by atoms with Crippen LogP contribution in [-0.4, -0.2) is 55.9 Å². The van der Waals surface area contributed by atoms with E-state index in [2.05, 4.69) is 30.3 Å². The van der Waals surface area contributed by atoms with Crippen molar-refractivity contribution < 1.29 is 38.3 Å². The van der Waals surface area contributed by atoms with E-state index in [9.17, 15) is 5.11 Å². The highest BCUT2D eigenvalue weighted by molar-refractivity contribution is 5.47. The second-order valence-corrected chi connectivity index (χ2v) is 15.0. The monoisotopic (exact) mass is 742 g/mol. The average Bonchev–Trinajstić information content (AvgIpc) is 4.09. The van der Waals surface area contributed by atoms with Gasteiger partial charge in [-0.2, -0.15) is 0 Å². The Hall–Kier alpha value is -4.54. The molecule has 3 aliphatic rings. The molecule has 5 atom stereocenters. The van der Waals surface area contributed by atoms with E-state index in [0.717, 1.165) is 52.2 Å². The Balaban J connectivity index is 1.22. The van der Waals surface area contributed by atoms with Crippen LogP contribution in [-0.2, 0) is 55.7 Å². The van der Waals surface area contributed by atoms with Gasteiger partial charge in [0, 0.05) is 12.7 Å². The molecule has 1 saturated carbocycles. The van der Waals surface area contributed by atoms with Crippen LogP contribution in [0.3, 0.4) is 0 Å². The molecule has 0 radical (unpaired) electrons. The minimum atomic E-state index is -1.50. The molecule has 55 heavy (non-hydrogen) atoms. The standard InChI is InChI=1S/C47H50O8/c1-46(32-48)44(53-30-34-14-8-4-9-15-34)43(52-29-33-12-6-3-7-13-33)45(54-31-35-16-10-5-11-17-35)47(49-2,55-46)39-21-22-40(37-19-20-37)38(28-39)26-36-18-23-41-42(27-36)51-25-24-50-41/h3-18,21-23,27-28,37,43-45,48H,19-20,24-26,29-32H2,1-2H3/t43-,44-,45+,46+,47-/m0/s1. The van der Waals surface area contributed by atoms with Crippen molar-refractivity contribution in [1.29, 1.82) is 0 Å². The van der Waals surface area contributed by atoms with Crippen LogP contribution in [0.2, 0.25) is 0 Å². The van der Waals surface area contributed by atoms with Crippen LogP contribution in [0.1, 0.15) is 64.6 Å². The molecule has 1 aliphatic carbocycles. The lowest BCUT2D eigenvalue weighted by Crippen LogP contribution is -2.70. The quantitative estimate of drug-likeness (QED) is 0.115. The Labute approximate surface area is 323 Å². The summed E-state index contributed by atoms with van der Waals surface area (Å²) in [5.74, 6) is 0.541. The molecule has 1 N–H and O–H groups in total. The van der Waals surface area contributed by atoms with Gasteiger partial charge in [0.15, 0.2) is 11.5 Å². The second kappa shape index (κ2) is 16.7. The van der Waals surface area contributed by atoms with Gasteiger partial charge >= 0.3 is 0 Å². The summed E-state index contributed by atoms with van der Waals surface area (Å²) in [6.07, 6.45) is 0.688. The van der Waals surface area contributed by atoms with E-state index >= 15 is 0 Å². The molecule has 0 amide bonds.